The van der Waals surface area contributed by atoms with E-state index in [0.717, 1.165) is 11.4 Å². The first-order chi connectivity index (χ1) is 15.2. The Hall–Kier alpha value is -2.49. The second-order valence-corrected chi connectivity index (χ2v) is 7.97. The van der Waals surface area contributed by atoms with Gasteiger partial charge in [0.2, 0.25) is 5.91 Å². The number of rotatable bonds is 7. The van der Waals surface area contributed by atoms with E-state index in [1.54, 1.807) is 48.3 Å². The van der Waals surface area contributed by atoms with Crippen molar-refractivity contribution in [1.29, 1.82) is 0 Å². The number of ether oxygens (including phenoxy) is 1. The zero-order chi connectivity index (χ0) is 23.3. The van der Waals surface area contributed by atoms with Gasteiger partial charge in [0.05, 0.1) is 6.61 Å². The standard InChI is InChI=1S/C22H25ClF3N3O3/c1-27(17-4-2-16(23)3-5-17)21(31)14-19(15-30)29-12-10-28(11-13-29)18-6-8-20(9-7-18)32-22(24,25)26/h2-9,19,30H,10-15H2,1H3. The molecular formula is C22H25ClF3N3O3. The molecule has 6 nitrogen and oxygen atoms in total. The van der Waals surface area contributed by atoms with Crippen LogP contribution >= 0.6 is 11.6 Å². The number of hydrogen-bond acceptors (Lipinski definition) is 5. The summed E-state index contributed by atoms with van der Waals surface area (Å²) in [6.45, 7) is 2.33. The van der Waals surface area contributed by atoms with Crippen molar-refractivity contribution >= 4 is 28.9 Å². The predicted molar refractivity (Wildman–Crippen MR) is 117 cm³/mol. The monoisotopic (exact) mass is 471 g/mol. The van der Waals surface area contributed by atoms with Gasteiger partial charge >= 0.3 is 6.36 Å². The molecule has 2 aromatic carbocycles. The SMILES string of the molecule is CN(C(=O)CC(CO)N1CCN(c2ccc(OC(F)(F)F)cc2)CC1)c1ccc(Cl)cc1. The van der Waals surface area contributed by atoms with Crippen molar-refractivity contribution in [2.75, 3.05) is 49.6 Å². The van der Waals surface area contributed by atoms with Crippen molar-refractivity contribution < 1.29 is 27.8 Å². The van der Waals surface area contributed by atoms with E-state index < -0.39 is 6.36 Å². The third-order valence-corrected chi connectivity index (χ3v) is 5.73. The fourth-order valence-electron chi connectivity index (χ4n) is 3.66. The first-order valence-corrected chi connectivity index (χ1v) is 10.5. The van der Waals surface area contributed by atoms with Gasteiger partial charge in [-0.05, 0) is 48.5 Å². The van der Waals surface area contributed by atoms with E-state index in [1.807, 2.05) is 4.90 Å². The number of carbonyl (C=O) groups is 1. The van der Waals surface area contributed by atoms with Crippen molar-refractivity contribution in [1.82, 2.24) is 4.90 Å². The van der Waals surface area contributed by atoms with Gasteiger partial charge in [-0.2, -0.15) is 0 Å². The Balaban J connectivity index is 1.53. The summed E-state index contributed by atoms with van der Waals surface area (Å²) in [6.07, 6.45) is -4.55. The summed E-state index contributed by atoms with van der Waals surface area (Å²) < 4.78 is 40.8. The lowest BCUT2D eigenvalue weighted by molar-refractivity contribution is -0.274. The molecule has 1 fully saturated rings. The van der Waals surface area contributed by atoms with Crippen molar-refractivity contribution in [2.24, 2.45) is 0 Å². The molecule has 1 saturated heterocycles. The first kappa shape index (κ1) is 24.2. The summed E-state index contributed by atoms with van der Waals surface area (Å²) in [5.41, 5.74) is 1.51. The lowest BCUT2D eigenvalue weighted by Gasteiger charge is -2.39. The normalized spacial score (nSPS) is 16.0. The number of benzene rings is 2. The van der Waals surface area contributed by atoms with Gasteiger partial charge in [-0.25, -0.2) is 0 Å². The number of halogens is 4. The molecule has 1 heterocycles. The van der Waals surface area contributed by atoms with Gasteiger partial charge in [0.1, 0.15) is 5.75 Å². The van der Waals surface area contributed by atoms with Crippen LogP contribution in [0.15, 0.2) is 48.5 Å². The molecule has 0 saturated carbocycles. The zero-order valence-corrected chi connectivity index (χ0v) is 18.3. The number of nitrogens with zero attached hydrogens (tertiary/aromatic N) is 3. The minimum absolute atomic E-state index is 0.117. The number of aliphatic hydroxyl groups excluding tert-OH is 1. The number of alkyl halides is 3. The molecule has 1 aliphatic heterocycles. The summed E-state index contributed by atoms with van der Waals surface area (Å²) >= 11 is 5.89. The van der Waals surface area contributed by atoms with Crippen LogP contribution in [-0.2, 0) is 4.79 Å². The summed E-state index contributed by atoms with van der Waals surface area (Å²) in [4.78, 5) is 18.4. The molecule has 2 aromatic rings. The summed E-state index contributed by atoms with van der Waals surface area (Å²) in [5, 5.41) is 10.5. The maximum Gasteiger partial charge on any atom is 0.573 e. The maximum absolute atomic E-state index is 12.7. The van der Waals surface area contributed by atoms with Gasteiger partial charge < -0.3 is 19.6 Å². The highest BCUT2D eigenvalue weighted by atomic mass is 35.5. The van der Waals surface area contributed by atoms with E-state index in [1.165, 1.54) is 12.1 Å². The van der Waals surface area contributed by atoms with Crippen molar-refractivity contribution in [3.05, 3.63) is 53.6 Å². The van der Waals surface area contributed by atoms with E-state index in [-0.39, 0.29) is 30.7 Å². The van der Waals surface area contributed by atoms with Crippen LogP contribution in [0.25, 0.3) is 0 Å². The van der Waals surface area contributed by atoms with Crippen molar-refractivity contribution in [3.63, 3.8) is 0 Å². The molecule has 1 atom stereocenters. The molecular weight excluding hydrogens is 447 g/mol. The largest absolute Gasteiger partial charge is 0.573 e. The zero-order valence-electron chi connectivity index (χ0n) is 17.6. The lowest BCUT2D eigenvalue weighted by atomic mass is 10.1. The molecule has 0 aromatic heterocycles. The second kappa shape index (κ2) is 10.4. The van der Waals surface area contributed by atoms with Crippen LogP contribution in [0.3, 0.4) is 0 Å². The first-order valence-electron chi connectivity index (χ1n) is 10.1. The van der Waals surface area contributed by atoms with Crippen LogP contribution in [0.4, 0.5) is 24.5 Å². The Morgan fingerprint density at radius 2 is 1.69 bits per heavy atom. The molecule has 32 heavy (non-hydrogen) atoms. The van der Waals surface area contributed by atoms with Crippen molar-refractivity contribution in [2.45, 2.75) is 18.8 Å². The van der Waals surface area contributed by atoms with Crippen LogP contribution in [0, 0.1) is 0 Å². The van der Waals surface area contributed by atoms with Crippen LogP contribution in [0.5, 0.6) is 5.75 Å². The minimum Gasteiger partial charge on any atom is -0.406 e. The molecule has 10 heteroatoms. The number of aliphatic hydroxyl groups is 1. The maximum atomic E-state index is 12.7. The lowest BCUT2D eigenvalue weighted by Crippen LogP contribution is -2.52. The van der Waals surface area contributed by atoms with Gasteiger partial charge in [0, 0.05) is 62.1 Å². The highest BCUT2D eigenvalue weighted by molar-refractivity contribution is 6.30. The van der Waals surface area contributed by atoms with E-state index >= 15 is 0 Å². The van der Waals surface area contributed by atoms with Gasteiger partial charge in [0.15, 0.2) is 0 Å². The minimum atomic E-state index is -4.72. The molecule has 0 aliphatic carbocycles. The number of hydrogen-bond donors (Lipinski definition) is 1. The fourth-order valence-corrected chi connectivity index (χ4v) is 3.79. The number of piperazine rings is 1. The van der Waals surface area contributed by atoms with Gasteiger partial charge in [0.25, 0.3) is 0 Å². The van der Waals surface area contributed by atoms with Crippen LogP contribution in [0.1, 0.15) is 6.42 Å². The predicted octanol–water partition coefficient (Wildman–Crippen LogP) is 3.77. The Labute approximate surface area is 189 Å². The molecule has 1 unspecified atom stereocenters. The third kappa shape index (κ3) is 6.51. The van der Waals surface area contributed by atoms with Crippen LogP contribution in [-0.4, -0.2) is 68.2 Å². The Bertz CT molecular complexity index is 886. The summed E-state index contributed by atoms with van der Waals surface area (Å²) in [6, 6.07) is 12.4. The average molecular weight is 472 g/mol. The summed E-state index contributed by atoms with van der Waals surface area (Å²) in [5.74, 6) is -0.377. The quantitative estimate of drug-likeness (QED) is 0.666. The molecule has 3 rings (SSSR count). The van der Waals surface area contributed by atoms with Gasteiger partial charge in [-0.15, -0.1) is 13.2 Å². The Kier molecular flexibility index (Phi) is 7.86. The highest BCUT2D eigenvalue weighted by Crippen LogP contribution is 2.26. The molecule has 174 valence electrons. The van der Waals surface area contributed by atoms with E-state index in [2.05, 4.69) is 9.64 Å². The molecule has 0 spiro atoms. The smallest absolute Gasteiger partial charge is 0.406 e. The number of carbonyl (C=O) groups excluding carboxylic acids is 1. The number of anilines is 2. The molecule has 0 radical (unpaired) electrons. The van der Waals surface area contributed by atoms with Gasteiger partial charge in [-0.3, -0.25) is 9.69 Å². The van der Waals surface area contributed by atoms with Crippen LogP contribution in [0.2, 0.25) is 5.02 Å². The average Bonchev–Trinajstić information content (AvgIpc) is 2.77. The third-order valence-electron chi connectivity index (χ3n) is 5.48. The van der Waals surface area contributed by atoms with Crippen molar-refractivity contribution in [3.8, 4) is 5.75 Å². The number of amides is 1. The Morgan fingerprint density at radius 1 is 1.09 bits per heavy atom. The van der Waals surface area contributed by atoms with E-state index in [9.17, 15) is 23.1 Å². The fraction of sp³-hybridized carbons (Fsp3) is 0.409. The van der Waals surface area contributed by atoms with E-state index in [4.69, 9.17) is 11.6 Å². The highest BCUT2D eigenvalue weighted by Gasteiger charge is 2.31. The van der Waals surface area contributed by atoms with Crippen LogP contribution < -0.4 is 14.5 Å². The summed E-state index contributed by atoms with van der Waals surface area (Å²) in [7, 11) is 1.68. The topological polar surface area (TPSA) is 56.3 Å². The second-order valence-electron chi connectivity index (χ2n) is 7.53. The molecule has 1 amide bonds. The molecule has 1 aliphatic rings. The Morgan fingerprint density at radius 3 is 2.22 bits per heavy atom. The van der Waals surface area contributed by atoms with E-state index in [0.29, 0.717) is 31.2 Å². The van der Waals surface area contributed by atoms with Gasteiger partial charge in [-0.1, -0.05) is 11.6 Å². The molecule has 0 bridgehead atoms. The molecule has 1 N–H and O–H groups in total.